The highest BCUT2D eigenvalue weighted by Gasteiger charge is 2.27. The first-order valence-corrected chi connectivity index (χ1v) is 6.18. The molecule has 2 rings (SSSR count). The van der Waals surface area contributed by atoms with E-state index in [1.165, 1.54) is 0 Å². The van der Waals surface area contributed by atoms with Crippen molar-refractivity contribution in [3.05, 3.63) is 29.6 Å². The third-order valence-electron chi connectivity index (χ3n) is 3.14. The van der Waals surface area contributed by atoms with Gasteiger partial charge in [0, 0.05) is 19.2 Å². The Labute approximate surface area is 106 Å². The van der Waals surface area contributed by atoms with Crippen LogP contribution in [-0.4, -0.2) is 23.3 Å². The van der Waals surface area contributed by atoms with Crippen LogP contribution in [0.4, 0.5) is 0 Å². The Morgan fingerprint density at radius 3 is 3.11 bits per heavy atom. The van der Waals surface area contributed by atoms with Gasteiger partial charge in [-0.05, 0) is 18.1 Å². The molecule has 0 bridgehead atoms. The molecule has 1 aliphatic rings. The quantitative estimate of drug-likeness (QED) is 0.809. The molecule has 1 saturated heterocycles. The Morgan fingerprint density at radius 1 is 1.61 bits per heavy atom. The van der Waals surface area contributed by atoms with Crippen molar-refractivity contribution in [1.29, 1.82) is 0 Å². The van der Waals surface area contributed by atoms with E-state index in [4.69, 9.17) is 0 Å². The summed E-state index contributed by atoms with van der Waals surface area (Å²) in [5.41, 5.74) is 2.03. The van der Waals surface area contributed by atoms with Crippen LogP contribution in [0.5, 0.6) is 0 Å². The summed E-state index contributed by atoms with van der Waals surface area (Å²) in [4.78, 5) is 27.1. The number of aryl methyl sites for hydroxylation is 1. The van der Waals surface area contributed by atoms with Gasteiger partial charge in [0.2, 0.25) is 11.8 Å². The molecule has 1 atom stereocenters. The standard InChI is InChI=1S/C13H17N3O2/c1-2-9-4-3-5-14-11(9)8-16-13(18)10-6-12(17)15-7-10/h3-5,10H,2,6-8H2,1H3,(H,15,17)(H,16,18). The zero-order chi connectivity index (χ0) is 13.0. The molecule has 5 heteroatoms. The Hall–Kier alpha value is -1.91. The number of nitrogens with zero attached hydrogens (tertiary/aromatic N) is 1. The lowest BCUT2D eigenvalue weighted by molar-refractivity contribution is -0.126. The van der Waals surface area contributed by atoms with Crippen LogP contribution in [0.3, 0.4) is 0 Å². The van der Waals surface area contributed by atoms with E-state index in [9.17, 15) is 9.59 Å². The second kappa shape index (κ2) is 5.62. The molecule has 0 aromatic carbocycles. The molecule has 5 nitrogen and oxygen atoms in total. The fraction of sp³-hybridized carbons (Fsp3) is 0.462. The van der Waals surface area contributed by atoms with Crippen molar-refractivity contribution in [1.82, 2.24) is 15.6 Å². The van der Waals surface area contributed by atoms with Gasteiger partial charge < -0.3 is 10.6 Å². The number of nitrogens with one attached hydrogen (secondary N) is 2. The Morgan fingerprint density at radius 2 is 2.44 bits per heavy atom. The number of pyridine rings is 1. The van der Waals surface area contributed by atoms with Crippen molar-refractivity contribution in [3.8, 4) is 0 Å². The molecule has 2 amide bonds. The van der Waals surface area contributed by atoms with Crippen molar-refractivity contribution in [2.24, 2.45) is 5.92 Å². The summed E-state index contributed by atoms with van der Waals surface area (Å²) in [5.74, 6) is -0.380. The first kappa shape index (κ1) is 12.5. The molecule has 1 aromatic rings. The van der Waals surface area contributed by atoms with Gasteiger partial charge in [-0.25, -0.2) is 0 Å². The van der Waals surface area contributed by atoms with E-state index < -0.39 is 0 Å². The second-order valence-corrected chi connectivity index (χ2v) is 4.39. The highest BCUT2D eigenvalue weighted by Crippen LogP contribution is 2.10. The molecule has 1 fully saturated rings. The minimum absolute atomic E-state index is 0.0535. The zero-order valence-corrected chi connectivity index (χ0v) is 10.4. The lowest BCUT2D eigenvalue weighted by Gasteiger charge is -2.10. The molecule has 18 heavy (non-hydrogen) atoms. The van der Waals surface area contributed by atoms with Crippen LogP contribution in [0.2, 0.25) is 0 Å². The van der Waals surface area contributed by atoms with Crippen LogP contribution in [0.25, 0.3) is 0 Å². The second-order valence-electron chi connectivity index (χ2n) is 4.39. The van der Waals surface area contributed by atoms with Gasteiger partial charge in [0.15, 0.2) is 0 Å². The lowest BCUT2D eigenvalue weighted by Crippen LogP contribution is -2.32. The van der Waals surface area contributed by atoms with Crippen molar-refractivity contribution in [2.45, 2.75) is 26.3 Å². The number of amides is 2. The van der Waals surface area contributed by atoms with Crippen LogP contribution >= 0.6 is 0 Å². The minimum Gasteiger partial charge on any atom is -0.355 e. The summed E-state index contributed by atoms with van der Waals surface area (Å²) < 4.78 is 0. The van der Waals surface area contributed by atoms with Gasteiger partial charge in [-0.15, -0.1) is 0 Å². The van der Waals surface area contributed by atoms with Crippen molar-refractivity contribution >= 4 is 11.8 Å². The topological polar surface area (TPSA) is 71.1 Å². The molecule has 0 aliphatic carbocycles. The van der Waals surface area contributed by atoms with Gasteiger partial charge in [-0.3, -0.25) is 14.6 Å². The first-order chi connectivity index (χ1) is 8.70. The molecule has 2 heterocycles. The molecule has 0 radical (unpaired) electrons. The summed E-state index contributed by atoms with van der Waals surface area (Å²) in [5, 5.41) is 5.50. The third kappa shape index (κ3) is 2.85. The smallest absolute Gasteiger partial charge is 0.225 e. The van der Waals surface area contributed by atoms with Crippen LogP contribution in [0.1, 0.15) is 24.6 Å². The van der Waals surface area contributed by atoms with E-state index in [0.717, 1.165) is 17.7 Å². The van der Waals surface area contributed by atoms with Crippen molar-refractivity contribution < 1.29 is 9.59 Å². The van der Waals surface area contributed by atoms with E-state index >= 15 is 0 Å². The van der Waals surface area contributed by atoms with E-state index in [1.807, 2.05) is 12.1 Å². The molecule has 1 aromatic heterocycles. The van der Waals surface area contributed by atoms with E-state index in [-0.39, 0.29) is 24.2 Å². The molecule has 96 valence electrons. The van der Waals surface area contributed by atoms with Gasteiger partial charge in [-0.1, -0.05) is 13.0 Å². The highest BCUT2D eigenvalue weighted by atomic mass is 16.2. The molecule has 0 spiro atoms. The van der Waals surface area contributed by atoms with Gasteiger partial charge in [0.05, 0.1) is 18.2 Å². The molecule has 0 saturated carbocycles. The molecule has 2 N–H and O–H groups in total. The number of hydrogen-bond donors (Lipinski definition) is 2. The van der Waals surface area contributed by atoms with Gasteiger partial charge in [0.1, 0.15) is 0 Å². The summed E-state index contributed by atoms with van der Waals surface area (Å²) in [6, 6.07) is 3.90. The van der Waals surface area contributed by atoms with E-state index in [0.29, 0.717) is 13.1 Å². The third-order valence-corrected chi connectivity index (χ3v) is 3.14. The predicted octanol–water partition coefficient (Wildman–Crippen LogP) is 0.396. The Kier molecular flexibility index (Phi) is 3.92. The first-order valence-electron chi connectivity index (χ1n) is 6.18. The summed E-state index contributed by atoms with van der Waals surface area (Å²) in [7, 11) is 0. The zero-order valence-electron chi connectivity index (χ0n) is 10.4. The lowest BCUT2D eigenvalue weighted by atomic mass is 10.1. The molecular formula is C13H17N3O2. The SMILES string of the molecule is CCc1cccnc1CNC(=O)C1CNC(=O)C1. The highest BCUT2D eigenvalue weighted by molar-refractivity contribution is 5.89. The molecule has 1 aliphatic heterocycles. The maximum atomic E-state index is 11.8. The largest absolute Gasteiger partial charge is 0.355 e. The van der Waals surface area contributed by atoms with Gasteiger partial charge in [0.25, 0.3) is 0 Å². The van der Waals surface area contributed by atoms with E-state index in [2.05, 4.69) is 22.5 Å². The number of carbonyl (C=O) groups excluding carboxylic acids is 2. The van der Waals surface area contributed by atoms with Gasteiger partial charge in [-0.2, -0.15) is 0 Å². The maximum Gasteiger partial charge on any atom is 0.225 e. The average Bonchev–Trinajstić information content (AvgIpc) is 2.83. The van der Waals surface area contributed by atoms with Crippen molar-refractivity contribution in [3.63, 3.8) is 0 Å². The number of hydrogen-bond acceptors (Lipinski definition) is 3. The Bertz CT molecular complexity index is 459. The fourth-order valence-electron chi connectivity index (χ4n) is 2.06. The average molecular weight is 247 g/mol. The summed E-state index contributed by atoms with van der Waals surface area (Å²) >= 11 is 0. The molecule has 1 unspecified atom stereocenters. The van der Waals surface area contributed by atoms with Crippen LogP contribution < -0.4 is 10.6 Å². The summed E-state index contributed by atoms with van der Waals surface area (Å²) in [6.07, 6.45) is 2.90. The summed E-state index contributed by atoms with van der Waals surface area (Å²) in [6.45, 7) is 2.92. The van der Waals surface area contributed by atoms with Crippen LogP contribution in [0.15, 0.2) is 18.3 Å². The number of rotatable bonds is 4. The number of aromatic nitrogens is 1. The van der Waals surface area contributed by atoms with E-state index in [1.54, 1.807) is 6.20 Å². The normalized spacial score (nSPS) is 18.5. The molecular weight excluding hydrogens is 230 g/mol. The van der Waals surface area contributed by atoms with Gasteiger partial charge >= 0.3 is 0 Å². The predicted molar refractivity (Wildman–Crippen MR) is 66.6 cm³/mol. The fourth-order valence-corrected chi connectivity index (χ4v) is 2.06. The maximum absolute atomic E-state index is 11.8. The van der Waals surface area contributed by atoms with Crippen molar-refractivity contribution in [2.75, 3.05) is 6.54 Å². The Balaban J connectivity index is 1.91. The minimum atomic E-state index is -0.244. The van der Waals surface area contributed by atoms with Crippen LogP contribution in [0, 0.1) is 5.92 Å². The number of carbonyl (C=O) groups is 2. The monoisotopic (exact) mass is 247 g/mol. The van der Waals surface area contributed by atoms with Crippen LogP contribution in [-0.2, 0) is 22.6 Å².